The predicted octanol–water partition coefficient (Wildman–Crippen LogP) is 6.69. The zero-order chi connectivity index (χ0) is 22.8. The first-order valence-electron chi connectivity index (χ1n) is 12.7. The number of hydrogen-bond donors (Lipinski definition) is 1. The molecule has 5 rings (SSSR count). The van der Waals surface area contributed by atoms with Gasteiger partial charge >= 0.3 is 0 Å². The molecule has 4 heteroatoms. The normalized spacial score (nSPS) is 18.4. The number of amides is 1. The maximum absolute atomic E-state index is 13.8. The average molecular weight is 442 g/mol. The summed E-state index contributed by atoms with van der Waals surface area (Å²) in [6.07, 6.45) is 13.2. The number of primary amides is 1. The number of nitrogens with zero attached hydrogens (tertiary/aromatic N) is 2. The number of nitrogens with two attached hydrogens (primary N) is 1. The van der Waals surface area contributed by atoms with Crippen LogP contribution in [-0.2, 0) is 10.3 Å². The van der Waals surface area contributed by atoms with Gasteiger partial charge in [0.05, 0.1) is 11.0 Å². The first kappa shape index (κ1) is 21.9. The number of para-hydroxylation sites is 2. The van der Waals surface area contributed by atoms with Crippen LogP contribution in [0, 0.1) is 11.8 Å². The standard InChI is InChI=1S/C29H35N3O/c1-2-21-17-19-22(20-18-21)27-31-25-15-9-10-16-26(25)32(27)29(28(30)33,23-11-5-3-6-12-23)24-13-7-4-8-14-24/h2,9-10,15-20,23-24H,1,3-8,11-14H2,(H2,30,33). The third kappa shape index (κ3) is 3.70. The summed E-state index contributed by atoms with van der Waals surface area (Å²) in [5, 5.41) is 0. The Balaban J connectivity index is 1.81. The molecule has 1 aromatic heterocycles. The smallest absolute Gasteiger partial charge is 0.244 e. The largest absolute Gasteiger partial charge is 0.368 e. The molecule has 0 aliphatic heterocycles. The Labute approximate surface area is 196 Å². The fourth-order valence-electron chi connectivity index (χ4n) is 6.66. The van der Waals surface area contributed by atoms with E-state index in [0.29, 0.717) is 0 Å². The lowest BCUT2D eigenvalue weighted by Crippen LogP contribution is -2.58. The van der Waals surface area contributed by atoms with Gasteiger partial charge in [0.2, 0.25) is 5.91 Å². The van der Waals surface area contributed by atoms with Crippen molar-refractivity contribution in [3.63, 3.8) is 0 Å². The van der Waals surface area contributed by atoms with Crippen molar-refractivity contribution in [3.8, 4) is 11.4 Å². The Kier molecular flexibility index (Phi) is 6.09. The van der Waals surface area contributed by atoms with Crippen LogP contribution in [0.2, 0.25) is 0 Å². The number of imidazole rings is 1. The van der Waals surface area contributed by atoms with Gasteiger partial charge in [0.25, 0.3) is 0 Å². The third-order valence-electron chi connectivity index (χ3n) is 8.19. The lowest BCUT2D eigenvalue weighted by molar-refractivity contribution is -0.135. The second kappa shape index (κ2) is 9.17. The van der Waals surface area contributed by atoms with Crippen LogP contribution in [0.5, 0.6) is 0 Å². The molecule has 172 valence electrons. The Hall–Kier alpha value is -2.88. The minimum absolute atomic E-state index is 0.173. The molecular weight excluding hydrogens is 406 g/mol. The molecule has 33 heavy (non-hydrogen) atoms. The Bertz CT molecular complexity index is 1110. The summed E-state index contributed by atoms with van der Waals surface area (Å²) in [5.74, 6) is 1.18. The van der Waals surface area contributed by atoms with Gasteiger partial charge in [-0.3, -0.25) is 4.79 Å². The molecule has 2 N–H and O–H groups in total. The molecule has 0 saturated heterocycles. The first-order chi connectivity index (χ1) is 16.2. The van der Waals surface area contributed by atoms with E-state index in [1.54, 1.807) is 0 Å². The number of rotatable bonds is 6. The molecule has 2 aliphatic carbocycles. The van der Waals surface area contributed by atoms with Gasteiger partial charge in [-0.1, -0.05) is 87.6 Å². The van der Waals surface area contributed by atoms with E-state index in [4.69, 9.17) is 10.7 Å². The van der Waals surface area contributed by atoms with Crippen molar-refractivity contribution in [1.29, 1.82) is 0 Å². The van der Waals surface area contributed by atoms with Crippen molar-refractivity contribution in [1.82, 2.24) is 9.55 Å². The molecule has 1 amide bonds. The van der Waals surface area contributed by atoms with Crippen LogP contribution in [0.15, 0.2) is 55.1 Å². The van der Waals surface area contributed by atoms with E-state index in [2.05, 4.69) is 53.6 Å². The molecular formula is C29H35N3O. The van der Waals surface area contributed by atoms with Gasteiger partial charge in [-0.25, -0.2) is 4.98 Å². The molecule has 2 saturated carbocycles. The van der Waals surface area contributed by atoms with E-state index in [1.165, 1.54) is 38.5 Å². The third-order valence-corrected chi connectivity index (χ3v) is 8.19. The molecule has 1 heterocycles. The summed E-state index contributed by atoms with van der Waals surface area (Å²) in [6.45, 7) is 3.89. The highest BCUT2D eigenvalue weighted by molar-refractivity contribution is 5.90. The van der Waals surface area contributed by atoms with Gasteiger partial charge in [0.15, 0.2) is 0 Å². The van der Waals surface area contributed by atoms with Gasteiger partial charge in [-0.05, 0) is 55.2 Å². The summed E-state index contributed by atoms with van der Waals surface area (Å²) in [5.41, 5.74) is 9.81. The maximum atomic E-state index is 13.8. The summed E-state index contributed by atoms with van der Waals surface area (Å²) in [7, 11) is 0. The minimum Gasteiger partial charge on any atom is -0.368 e. The molecule has 2 aromatic carbocycles. The second-order valence-electron chi connectivity index (χ2n) is 9.95. The molecule has 2 aliphatic rings. The molecule has 0 atom stereocenters. The van der Waals surface area contributed by atoms with Crippen LogP contribution in [0.4, 0.5) is 0 Å². The second-order valence-corrected chi connectivity index (χ2v) is 9.95. The SMILES string of the molecule is C=Cc1ccc(-c2nc3ccccc3n2C(C(N)=O)(C2CCCCC2)C2CCCCC2)cc1. The summed E-state index contributed by atoms with van der Waals surface area (Å²) < 4.78 is 2.29. The van der Waals surface area contributed by atoms with Crippen LogP contribution in [0.3, 0.4) is 0 Å². The number of aromatic nitrogens is 2. The monoisotopic (exact) mass is 441 g/mol. The van der Waals surface area contributed by atoms with E-state index in [0.717, 1.165) is 53.7 Å². The van der Waals surface area contributed by atoms with Gasteiger partial charge in [-0.15, -0.1) is 0 Å². The fraction of sp³-hybridized carbons (Fsp3) is 0.448. The van der Waals surface area contributed by atoms with E-state index >= 15 is 0 Å². The number of carbonyl (C=O) groups excluding carboxylic acids is 1. The minimum atomic E-state index is -0.747. The van der Waals surface area contributed by atoms with Crippen molar-refractivity contribution in [2.24, 2.45) is 17.6 Å². The van der Waals surface area contributed by atoms with Gasteiger partial charge < -0.3 is 10.3 Å². The van der Waals surface area contributed by atoms with Crippen molar-refractivity contribution in [2.45, 2.75) is 69.7 Å². The highest BCUT2D eigenvalue weighted by atomic mass is 16.1. The first-order valence-corrected chi connectivity index (χ1v) is 12.7. The van der Waals surface area contributed by atoms with E-state index < -0.39 is 5.54 Å². The molecule has 0 spiro atoms. The van der Waals surface area contributed by atoms with Crippen LogP contribution < -0.4 is 5.73 Å². The maximum Gasteiger partial charge on any atom is 0.244 e. The Morgan fingerprint density at radius 3 is 2.03 bits per heavy atom. The van der Waals surface area contributed by atoms with E-state index in [-0.39, 0.29) is 17.7 Å². The zero-order valence-electron chi connectivity index (χ0n) is 19.5. The van der Waals surface area contributed by atoms with Crippen molar-refractivity contribution >= 4 is 23.0 Å². The van der Waals surface area contributed by atoms with Crippen LogP contribution in [0.25, 0.3) is 28.5 Å². The summed E-state index contributed by atoms with van der Waals surface area (Å²) in [6, 6.07) is 16.6. The molecule has 0 radical (unpaired) electrons. The summed E-state index contributed by atoms with van der Waals surface area (Å²) in [4.78, 5) is 18.9. The number of benzene rings is 2. The van der Waals surface area contributed by atoms with Crippen LogP contribution in [0.1, 0.15) is 69.8 Å². The van der Waals surface area contributed by atoms with E-state index in [9.17, 15) is 4.79 Å². The van der Waals surface area contributed by atoms with Crippen LogP contribution in [-0.4, -0.2) is 15.5 Å². The molecule has 0 bridgehead atoms. The fourth-order valence-corrected chi connectivity index (χ4v) is 6.66. The molecule has 3 aromatic rings. The number of fused-ring (bicyclic) bond motifs is 1. The summed E-state index contributed by atoms with van der Waals surface area (Å²) >= 11 is 0. The van der Waals surface area contributed by atoms with Crippen molar-refractivity contribution < 1.29 is 4.79 Å². The number of carbonyl (C=O) groups is 1. The molecule has 0 unspecified atom stereocenters. The van der Waals surface area contributed by atoms with Crippen molar-refractivity contribution in [2.75, 3.05) is 0 Å². The average Bonchev–Trinajstić information content (AvgIpc) is 3.26. The van der Waals surface area contributed by atoms with Gasteiger partial charge in [0.1, 0.15) is 11.4 Å². The van der Waals surface area contributed by atoms with E-state index in [1.807, 2.05) is 12.1 Å². The topological polar surface area (TPSA) is 60.9 Å². The highest BCUT2D eigenvalue weighted by Crippen LogP contribution is 2.50. The Morgan fingerprint density at radius 1 is 0.909 bits per heavy atom. The zero-order valence-corrected chi connectivity index (χ0v) is 19.5. The van der Waals surface area contributed by atoms with Gasteiger partial charge in [0, 0.05) is 5.56 Å². The quantitative estimate of drug-likeness (QED) is 0.463. The lowest BCUT2D eigenvalue weighted by atomic mass is 9.63. The van der Waals surface area contributed by atoms with Gasteiger partial charge in [-0.2, -0.15) is 0 Å². The molecule has 4 nitrogen and oxygen atoms in total. The van der Waals surface area contributed by atoms with Crippen LogP contribution >= 0.6 is 0 Å². The lowest BCUT2D eigenvalue weighted by Gasteiger charge is -2.48. The predicted molar refractivity (Wildman–Crippen MR) is 136 cm³/mol. The molecule has 2 fully saturated rings. The number of hydrogen-bond acceptors (Lipinski definition) is 2. The van der Waals surface area contributed by atoms with Crippen molar-refractivity contribution in [3.05, 3.63) is 60.7 Å². The Morgan fingerprint density at radius 2 is 1.48 bits per heavy atom. The highest BCUT2D eigenvalue weighted by Gasteiger charge is 2.53.